The third-order valence-corrected chi connectivity index (χ3v) is 3.58. The average Bonchev–Trinajstić information content (AvgIpc) is 2.14. The minimum atomic E-state index is 0.419. The summed E-state index contributed by atoms with van der Waals surface area (Å²) in [6.45, 7) is 9.02. The second-order valence-corrected chi connectivity index (χ2v) is 5.14. The lowest BCUT2D eigenvalue weighted by molar-refractivity contribution is -0.120. The molecule has 1 fully saturated rings. The summed E-state index contributed by atoms with van der Waals surface area (Å²) in [6, 6.07) is 2.15. The summed E-state index contributed by atoms with van der Waals surface area (Å²) in [7, 11) is 1.89. The molecule has 1 aliphatic rings. The molecular formula is C12H24N2O. The van der Waals surface area contributed by atoms with Gasteiger partial charge in [-0.2, -0.15) is 0 Å². The van der Waals surface area contributed by atoms with Gasteiger partial charge in [0, 0.05) is 31.2 Å². The first-order valence-electron chi connectivity index (χ1n) is 5.92. The number of amides is 1. The molecule has 2 atom stereocenters. The molecule has 15 heavy (non-hydrogen) atoms. The number of likely N-dealkylation sites (tertiary alicyclic amines) is 1. The van der Waals surface area contributed by atoms with E-state index in [9.17, 15) is 4.79 Å². The summed E-state index contributed by atoms with van der Waals surface area (Å²) in [4.78, 5) is 15.1. The van der Waals surface area contributed by atoms with Crippen LogP contribution in [0.2, 0.25) is 0 Å². The molecule has 0 saturated carbocycles. The standard InChI is InChI=1S/C12H24N2O/c1-9(2)14-10(3)6-12(7-11(14)4)13(5)8-15/h8-12H,6-7H2,1-5H3. The highest BCUT2D eigenvalue weighted by Gasteiger charge is 2.33. The monoisotopic (exact) mass is 212 g/mol. The van der Waals surface area contributed by atoms with Gasteiger partial charge in [-0.25, -0.2) is 0 Å². The molecule has 0 radical (unpaired) electrons. The lowest BCUT2D eigenvalue weighted by atomic mass is 9.91. The summed E-state index contributed by atoms with van der Waals surface area (Å²) in [5, 5.41) is 0. The van der Waals surface area contributed by atoms with Crippen molar-refractivity contribution in [1.82, 2.24) is 9.80 Å². The minimum absolute atomic E-state index is 0.419. The maximum atomic E-state index is 10.7. The Kier molecular flexibility index (Phi) is 4.14. The highest BCUT2D eigenvalue weighted by Crippen LogP contribution is 2.27. The second kappa shape index (κ2) is 4.97. The van der Waals surface area contributed by atoms with E-state index < -0.39 is 0 Å². The zero-order chi connectivity index (χ0) is 11.6. The lowest BCUT2D eigenvalue weighted by Crippen LogP contribution is -2.54. The number of hydrogen-bond acceptors (Lipinski definition) is 2. The van der Waals surface area contributed by atoms with E-state index in [1.165, 1.54) is 0 Å². The van der Waals surface area contributed by atoms with Gasteiger partial charge >= 0.3 is 0 Å². The van der Waals surface area contributed by atoms with Crippen LogP contribution < -0.4 is 0 Å². The van der Waals surface area contributed by atoms with Crippen molar-refractivity contribution in [2.45, 2.75) is 64.7 Å². The molecule has 0 spiro atoms. The minimum Gasteiger partial charge on any atom is -0.345 e. The van der Waals surface area contributed by atoms with Crippen LogP contribution >= 0.6 is 0 Å². The molecule has 0 aromatic carbocycles. The molecule has 1 rings (SSSR count). The number of hydrogen-bond donors (Lipinski definition) is 0. The number of carbonyl (C=O) groups excluding carboxylic acids is 1. The third-order valence-electron chi connectivity index (χ3n) is 3.58. The average molecular weight is 212 g/mol. The molecule has 3 nitrogen and oxygen atoms in total. The first-order chi connectivity index (χ1) is 6.97. The van der Waals surface area contributed by atoms with Crippen LogP contribution in [0.4, 0.5) is 0 Å². The molecule has 1 saturated heterocycles. The van der Waals surface area contributed by atoms with Crippen LogP contribution in [0, 0.1) is 0 Å². The van der Waals surface area contributed by atoms with Crippen LogP contribution in [0.15, 0.2) is 0 Å². The van der Waals surface area contributed by atoms with Crippen LogP contribution in [-0.4, -0.2) is 47.4 Å². The predicted octanol–water partition coefficient (Wildman–Crippen LogP) is 1.72. The van der Waals surface area contributed by atoms with Gasteiger partial charge in [0.1, 0.15) is 0 Å². The fourth-order valence-electron chi connectivity index (χ4n) is 3.00. The Bertz CT molecular complexity index is 206. The molecule has 0 bridgehead atoms. The summed E-state index contributed by atoms with van der Waals surface area (Å²) in [5.41, 5.74) is 0. The molecule has 1 aliphatic heterocycles. The van der Waals surface area contributed by atoms with Crippen LogP contribution in [0.1, 0.15) is 40.5 Å². The predicted molar refractivity (Wildman–Crippen MR) is 62.7 cm³/mol. The summed E-state index contributed by atoms with van der Waals surface area (Å²) >= 11 is 0. The van der Waals surface area contributed by atoms with Crippen LogP contribution in [0.5, 0.6) is 0 Å². The molecule has 1 amide bonds. The maximum Gasteiger partial charge on any atom is 0.209 e. The van der Waals surface area contributed by atoms with Crippen molar-refractivity contribution in [3.05, 3.63) is 0 Å². The van der Waals surface area contributed by atoms with E-state index in [0.29, 0.717) is 24.2 Å². The van der Waals surface area contributed by atoms with E-state index >= 15 is 0 Å². The largest absolute Gasteiger partial charge is 0.345 e. The quantitative estimate of drug-likeness (QED) is 0.665. The molecule has 1 heterocycles. The number of nitrogens with zero attached hydrogens (tertiary/aromatic N) is 2. The summed E-state index contributed by atoms with van der Waals surface area (Å²) < 4.78 is 0. The van der Waals surface area contributed by atoms with Gasteiger partial charge < -0.3 is 4.90 Å². The van der Waals surface area contributed by atoms with Crippen LogP contribution in [0.25, 0.3) is 0 Å². The van der Waals surface area contributed by atoms with Gasteiger partial charge in [-0.15, -0.1) is 0 Å². The van der Waals surface area contributed by atoms with Gasteiger partial charge in [0.15, 0.2) is 0 Å². The van der Waals surface area contributed by atoms with E-state index in [0.717, 1.165) is 19.3 Å². The van der Waals surface area contributed by atoms with Crippen molar-refractivity contribution in [2.75, 3.05) is 7.05 Å². The Balaban J connectivity index is 2.66. The smallest absolute Gasteiger partial charge is 0.209 e. The Morgan fingerprint density at radius 2 is 1.73 bits per heavy atom. The van der Waals surface area contributed by atoms with Gasteiger partial charge in [-0.3, -0.25) is 9.69 Å². The molecule has 0 aliphatic carbocycles. The van der Waals surface area contributed by atoms with Gasteiger partial charge in [-0.1, -0.05) is 0 Å². The van der Waals surface area contributed by atoms with E-state index in [1.54, 1.807) is 0 Å². The van der Waals surface area contributed by atoms with Crippen molar-refractivity contribution >= 4 is 6.41 Å². The van der Waals surface area contributed by atoms with Gasteiger partial charge in [0.2, 0.25) is 6.41 Å². The molecule has 2 unspecified atom stereocenters. The fourth-order valence-corrected chi connectivity index (χ4v) is 3.00. The molecule has 0 N–H and O–H groups in total. The Hall–Kier alpha value is -0.570. The third kappa shape index (κ3) is 2.71. The van der Waals surface area contributed by atoms with Crippen LogP contribution in [-0.2, 0) is 4.79 Å². The van der Waals surface area contributed by atoms with Gasteiger partial charge in [0.25, 0.3) is 0 Å². The van der Waals surface area contributed by atoms with E-state index in [4.69, 9.17) is 0 Å². The van der Waals surface area contributed by atoms with Crippen molar-refractivity contribution in [1.29, 1.82) is 0 Å². The van der Waals surface area contributed by atoms with Crippen molar-refractivity contribution in [3.63, 3.8) is 0 Å². The van der Waals surface area contributed by atoms with Crippen molar-refractivity contribution < 1.29 is 4.79 Å². The van der Waals surface area contributed by atoms with Crippen molar-refractivity contribution in [2.24, 2.45) is 0 Å². The van der Waals surface area contributed by atoms with E-state index in [-0.39, 0.29) is 0 Å². The second-order valence-electron chi connectivity index (χ2n) is 5.14. The fraction of sp³-hybridized carbons (Fsp3) is 0.917. The number of piperidine rings is 1. The normalized spacial score (nSPS) is 33.1. The molecule has 3 heteroatoms. The SMILES string of the molecule is CC(C)N1C(C)CC(N(C)C=O)CC1C. The first-order valence-corrected chi connectivity index (χ1v) is 5.92. The van der Waals surface area contributed by atoms with E-state index in [2.05, 4.69) is 32.6 Å². The van der Waals surface area contributed by atoms with Crippen molar-refractivity contribution in [3.8, 4) is 0 Å². The first kappa shape index (κ1) is 12.5. The molecular weight excluding hydrogens is 188 g/mol. The summed E-state index contributed by atoms with van der Waals surface area (Å²) in [5.74, 6) is 0. The zero-order valence-electron chi connectivity index (χ0n) is 10.6. The summed E-state index contributed by atoms with van der Waals surface area (Å²) in [6.07, 6.45) is 3.14. The molecule has 88 valence electrons. The van der Waals surface area contributed by atoms with Gasteiger partial charge in [0.05, 0.1) is 0 Å². The zero-order valence-corrected chi connectivity index (χ0v) is 10.6. The molecule has 0 aromatic rings. The van der Waals surface area contributed by atoms with Crippen LogP contribution in [0.3, 0.4) is 0 Å². The van der Waals surface area contributed by atoms with E-state index in [1.807, 2.05) is 11.9 Å². The number of carbonyl (C=O) groups is 1. The maximum absolute atomic E-state index is 10.7. The Morgan fingerprint density at radius 1 is 1.27 bits per heavy atom. The Labute approximate surface area is 93.4 Å². The number of rotatable bonds is 3. The molecule has 0 aromatic heterocycles. The Morgan fingerprint density at radius 3 is 2.07 bits per heavy atom. The highest BCUT2D eigenvalue weighted by molar-refractivity contribution is 5.47. The topological polar surface area (TPSA) is 23.6 Å². The lowest BCUT2D eigenvalue weighted by Gasteiger charge is -2.46. The van der Waals surface area contributed by atoms with Gasteiger partial charge in [-0.05, 0) is 40.5 Å². The highest BCUT2D eigenvalue weighted by atomic mass is 16.1.